The third-order valence-electron chi connectivity index (χ3n) is 1.26. The van der Waals surface area contributed by atoms with Crippen LogP contribution in [0.15, 0.2) is 12.4 Å². The van der Waals surface area contributed by atoms with Crippen molar-refractivity contribution in [1.82, 2.24) is 9.78 Å². The van der Waals surface area contributed by atoms with Crippen molar-refractivity contribution in [3.63, 3.8) is 0 Å². The van der Waals surface area contributed by atoms with E-state index in [4.69, 9.17) is 11.6 Å². The number of ether oxygens (including phenoxy) is 1. The highest BCUT2D eigenvalue weighted by atomic mass is 35.5. The van der Waals surface area contributed by atoms with Gasteiger partial charge in [0.25, 0.3) is 0 Å². The highest BCUT2D eigenvalue weighted by Crippen LogP contribution is 2.09. The van der Waals surface area contributed by atoms with Gasteiger partial charge in [0.05, 0.1) is 12.4 Å². The van der Waals surface area contributed by atoms with Crippen molar-refractivity contribution in [2.45, 2.75) is 19.9 Å². The van der Waals surface area contributed by atoms with E-state index in [2.05, 4.69) is 9.84 Å². The summed E-state index contributed by atoms with van der Waals surface area (Å²) in [6.07, 6.45) is 4.07. The Morgan fingerprint density at radius 2 is 2.58 bits per heavy atom. The molecule has 0 aromatic carbocycles. The molecule has 0 atom stereocenters. The normalized spacial score (nSPS) is 9.83. The van der Waals surface area contributed by atoms with Crippen LogP contribution in [-0.2, 0) is 6.54 Å². The fourth-order valence-corrected chi connectivity index (χ4v) is 0.930. The molecule has 0 amide bonds. The van der Waals surface area contributed by atoms with Gasteiger partial charge in [-0.3, -0.25) is 4.68 Å². The molecule has 1 heterocycles. The van der Waals surface area contributed by atoms with Crippen molar-refractivity contribution in [2.75, 3.05) is 0 Å². The van der Waals surface area contributed by atoms with E-state index in [1.165, 1.54) is 6.20 Å². The second kappa shape index (κ2) is 4.11. The Labute approximate surface area is 75.1 Å². The molecular formula is C7H9ClN2O2. The summed E-state index contributed by atoms with van der Waals surface area (Å²) in [4.78, 5) is 10.3. The van der Waals surface area contributed by atoms with Crippen molar-refractivity contribution in [3.8, 4) is 5.75 Å². The molecule has 0 spiro atoms. The zero-order valence-corrected chi connectivity index (χ0v) is 7.41. The largest absolute Gasteiger partial charge is 0.411 e. The first-order valence-corrected chi connectivity index (χ1v) is 4.00. The van der Waals surface area contributed by atoms with Crippen LogP contribution in [0.2, 0.25) is 0 Å². The highest BCUT2D eigenvalue weighted by molar-refractivity contribution is 6.61. The molecule has 12 heavy (non-hydrogen) atoms. The SMILES string of the molecule is CCCn1cc(OC(=O)Cl)cn1. The van der Waals surface area contributed by atoms with Crippen LogP contribution in [0.5, 0.6) is 5.75 Å². The number of carbonyl (C=O) groups excluding carboxylic acids is 1. The summed E-state index contributed by atoms with van der Waals surface area (Å²) in [5.41, 5.74) is -0.842. The van der Waals surface area contributed by atoms with Gasteiger partial charge in [-0.05, 0) is 6.42 Å². The third kappa shape index (κ3) is 2.54. The molecule has 0 bridgehead atoms. The summed E-state index contributed by atoms with van der Waals surface area (Å²) >= 11 is 5.00. The Kier molecular flexibility index (Phi) is 3.10. The van der Waals surface area contributed by atoms with Crippen LogP contribution < -0.4 is 4.74 Å². The molecule has 0 unspecified atom stereocenters. The molecule has 0 fully saturated rings. The maximum Gasteiger partial charge on any atom is 0.409 e. The van der Waals surface area contributed by atoms with Gasteiger partial charge in [-0.2, -0.15) is 5.10 Å². The van der Waals surface area contributed by atoms with Crippen LogP contribution in [0, 0.1) is 0 Å². The number of aromatic nitrogens is 2. The lowest BCUT2D eigenvalue weighted by atomic mass is 10.5. The lowest BCUT2D eigenvalue weighted by Crippen LogP contribution is -1.96. The Bertz CT molecular complexity index is 272. The Morgan fingerprint density at radius 3 is 3.17 bits per heavy atom. The van der Waals surface area contributed by atoms with Gasteiger partial charge in [-0.25, -0.2) is 4.79 Å². The lowest BCUT2D eigenvalue weighted by Gasteiger charge is -1.94. The molecule has 5 heteroatoms. The number of aryl methyl sites for hydroxylation is 1. The van der Waals surface area contributed by atoms with E-state index < -0.39 is 5.43 Å². The summed E-state index contributed by atoms with van der Waals surface area (Å²) in [6.45, 7) is 2.84. The Balaban J connectivity index is 2.58. The molecule has 1 rings (SSSR count). The number of rotatable bonds is 3. The lowest BCUT2D eigenvalue weighted by molar-refractivity contribution is 0.225. The average Bonchev–Trinajstić information content (AvgIpc) is 2.36. The van der Waals surface area contributed by atoms with Gasteiger partial charge in [-0.1, -0.05) is 6.92 Å². The minimum absolute atomic E-state index is 0.378. The number of hydrogen-bond donors (Lipinski definition) is 0. The number of hydrogen-bond acceptors (Lipinski definition) is 3. The van der Waals surface area contributed by atoms with Crippen LogP contribution in [0.25, 0.3) is 0 Å². The zero-order valence-electron chi connectivity index (χ0n) is 6.66. The van der Waals surface area contributed by atoms with E-state index >= 15 is 0 Å². The molecule has 0 saturated heterocycles. The van der Waals surface area contributed by atoms with Gasteiger partial charge in [0.15, 0.2) is 5.75 Å². The monoisotopic (exact) mass is 188 g/mol. The van der Waals surface area contributed by atoms with Crippen LogP contribution in [-0.4, -0.2) is 15.2 Å². The fourth-order valence-electron chi connectivity index (χ4n) is 0.841. The predicted octanol–water partition coefficient (Wildman–Crippen LogP) is 2.03. The van der Waals surface area contributed by atoms with Crippen LogP contribution in [0.1, 0.15) is 13.3 Å². The zero-order chi connectivity index (χ0) is 8.97. The van der Waals surface area contributed by atoms with Gasteiger partial charge in [0.2, 0.25) is 0 Å². The average molecular weight is 189 g/mol. The van der Waals surface area contributed by atoms with Gasteiger partial charge in [0, 0.05) is 18.1 Å². The minimum Gasteiger partial charge on any atom is -0.411 e. The predicted molar refractivity (Wildman–Crippen MR) is 44.4 cm³/mol. The van der Waals surface area contributed by atoms with Gasteiger partial charge < -0.3 is 4.74 Å². The van der Waals surface area contributed by atoms with E-state index in [9.17, 15) is 4.79 Å². The van der Waals surface area contributed by atoms with E-state index in [1.807, 2.05) is 6.92 Å². The number of nitrogens with zero attached hydrogens (tertiary/aromatic N) is 2. The quantitative estimate of drug-likeness (QED) is 0.682. The Hall–Kier alpha value is -1.03. The first-order valence-electron chi connectivity index (χ1n) is 3.62. The second-order valence-electron chi connectivity index (χ2n) is 2.28. The number of carbonyl (C=O) groups is 1. The Morgan fingerprint density at radius 1 is 1.83 bits per heavy atom. The van der Waals surface area contributed by atoms with Crippen molar-refractivity contribution in [3.05, 3.63) is 12.4 Å². The maximum absolute atomic E-state index is 10.3. The molecule has 0 saturated carbocycles. The first kappa shape index (κ1) is 9.06. The first-order chi connectivity index (χ1) is 5.72. The van der Waals surface area contributed by atoms with Crippen molar-refractivity contribution >= 4 is 17.0 Å². The summed E-state index contributed by atoms with van der Waals surface area (Å²) in [6, 6.07) is 0. The molecule has 0 radical (unpaired) electrons. The van der Waals surface area contributed by atoms with Gasteiger partial charge in [-0.15, -0.1) is 0 Å². The molecule has 0 N–H and O–H groups in total. The summed E-state index contributed by atoms with van der Waals surface area (Å²) in [5, 5.41) is 3.94. The molecule has 0 aliphatic rings. The minimum atomic E-state index is -0.842. The van der Waals surface area contributed by atoms with Gasteiger partial charge in [0.1, 0.15) is 0 Å². The number of halogens is 1. The molecule has 1 aromatic rings. The van der Waals surface area contributed by atoms with E-state index in [1.54, 1.807) is 10.9 Å². The second-order valence-corrected chi connectivity index (χ2v) is 2.59. The molecule has 0 aliphatic heterocycles. The molecule has 66 valence electrons. The summed E-state index contributed by atoms with van der Waals surface area (Å²) in [5.74, 6) is 0.378. The van der Waals surface area contributed by atoms with E-state index in [0.717, 1.165) is 13.0 Å². The standard InChI is InChI=1S/C7H9ClN2O2/c1-2-3-10-5-6(4-9-10)12-7(8)11/h4-5H,2-3H2,1H3. The van der Waals surface area contributed by atoms with E-state index in [0.29, 0.717) is 5.75 Å². The summed E-state index contributed by atoms with van der Waals surface area (Å²) in [7, 11) is 0. The smallest absolute Gasteiger partial charge is 0.409 e. The molecule has 0 aliphatic carbocycles. The van der Waals surface area contributed by atoms with Crippen LogP contribution in [0.3, 0.4) is 0 Å². The van der Waals surface area contributed by atoms with Gasteiger partial charge >= 0.3 is 5.43 Å². The molecule has 1 aromatic heterocycles. The van der Waals surface area contributed by atoms with Crippen LogP contribution in [0.4, 0.5) is 4.79 Å². The summed E-state index contributed by atoms with van der Waals surface area (Å²) < 4.78 is 6.27. The maximum atomic E-state index is 10.3. The highest BCUT2D eigenvalue weighted by Gasteiger charge is 2.02. The van der Waals surface area contributed by atoms with Crippen molar-refractivity contribution < 1.29 is 9.53 Å². The van der Waals surface area contributed by atoms with Crippen molar-refractivity contribution in [1.29, 1.82) is 0 Å². The molecule has 4 nitrogen and oxygen atoms in total. The van der Waals surface area contributed by atoms with E-state index in [-0.39, 0.29) is 0 Å². The van der Waals surface area contributed by atoms with Crippen LogP contribution >= 0.6 is 11.6 Å². The topological polar surface area (TPSA) is 44.1 Å². The fraction of sp³-hybridized carbons (Fsp3) is 0.429. The third-order valence-corrected chi connectivity index (χ3v) is 1.34. The van der Waals surface area contributed by atoms with Crippen molar-refractivity contribution in [2.24, 2.45) is 0 Å². The molecular weight excluding hydrogens is 180 g/mol.